The van der Waals surface area contributed by atoms with Gasteiger partial charge in [0.05, 0.1) is 10.6 Å². The van der Waals surface area contributed by atoms with Gasteiger partial charge in [0.15, 0.2) is 5.17 Å². The zero-order chi connectivity index (χ0) is 18.7. The Morgan fingerprint density at radius 2 is 1.88 bits per heavy atom. The lowest BCUT2D eigenvalue weighted by molar-refractivity contribution is -0.122. The summed E-state index contributed by atoms with van der Waals surface area (Å²) >= 11 is 13.6. The first kappa shape index (κ1) is 19.0. The summed E-state index contributed by atoms with van der Waals surface area (Å²) in [7, 11) is 0. The molecule has 6 heteroatoms. The molecule has 1 heterocycles. The first-order valence-electron chi connectivity index (χ1n) is 8.24. The molecule has 26 heavy (non-hydrogen) atoms. The minimum absolute atomic E-state index is 0.0515. The molecular weight excluding hydrogens is 387 g/mol. The SMILES string of the molecule is CC(C)CN1C(=O)/C(=C\c2ccc(Cl)cc2Cl)SC1=Nc1ccccc1. The van der Waals surface area contributed by atoms with Crippen LogP contribution in [0.4, 0.5) is 5.69 Å². The summed E-state index contributed by atoms with van der Waals surface area (Å²) in [6, 6.07) is 14.9. The van der Waals surface area contributed by atoms with Crippen LogP contribution >= 0.6 is 35.0 Å². The fourth-order valence-electron chi connectivity index (χ4n) is 2.49. The lowest BCUT2D eigenvalue weighted by atomic mass is 10.2. The van der Waals surface area contributed by atoms with Crippen molar-refractivity contribution in [2.45, 2.75) is 13.8 Å². The van der Waals surface area contributed by atoms with Crippen LogP contribution in [-0.4, -0.2) is 22.5 Å². The van der Waals surface area contributed by atoms with E-state index in [1.54, 1.807) is 23.1 Å². The van der Waals surface area contributed by atoms with Gasteiger partial charge >= 0.3 is 0 Å². The van der Waals surface area contributed by atoms with Crippen LogP contribution in [0.15, 0.2) is 58.4 Å². The largest absolute Gasteiger partial charge is 0.286 e. The molecule has 0 atom stereocenters. The summed E-state index contributed by atoms with van der Waals surface area (Å²) < 4.78 is 0. The monoisotopic (exact) mass is 404 g/mol. The normalized spacial score (nSPS) is 17.7. The highest BCUT2D eigenvalue weighted by Crippen LogP contribution is 2.36. The summed E-state index contributed by atoms with van der Waals surface area (Å²) in [5.74, 6) is 0.281. The van der Waals surface area contributed by atoms with E-state index >= 15 is 0 Å². The fourth-order valence-corrected chi connectivity index (χ4v) is 3.95. The number of amidine groups is 1. The number of hydrogen-bond donors (Lipinski definition) is 0. The van der Waals surface area contributed by atoms with Crippen molar-refractivity contribution in [2.75, 3.05) is 6.54 Å². The Balaban J connectivity index is 1.97. The Labute approximate surface area is 167 Å². The van der Waals surface area contributed by atoms with Crippen LogP contribution in [0, 0.1) is 5.92 Å². The van der Waals surface area contributed by atoms with Crippen molar-refractivity contribution < 1.29 is 4.79 Å². The van der Waals surface area contributed by atoms with E-state index in [1.165, 1.54) is 11.8 Å². The third-order valence-corrected chi connectivity index (χ3v) is 5.23. The molecule has 1 aliphatic heterocycles. The number of nitrogens with zero attached hydrogens (tertiary/aromatic N) is 2. The van der Waals surface area contributed by atoms with E-state index < -0.39 is 0 Å². The molecule has 3 nitrogen and oxygen atoms in total. The van der Waals surface area contributed by atoms with Gasteiger partial charge < -0.3 is 0 Å². The number of carbonyl (C=O) groups is 1. The number of para-hydroxylation sites is 1. The molecule has 0 bridgehead atoms. The van der Waals surface area contributed by atoms with Gasteiger partial charge in [0.25, 0.3) is 5.91 Å². The van der Waals surface area contributed by atoms with E-state index in [-0.39, 0.29) is 5.91 Å². The third kappa shape index (κ3) is 4.50. The van der Waals surface area contributed by atoms with E-state index in [9.17, 15) is 4.79 Å². The molecule has 3 rings (SSSR count). The second kappa shape index (κ2) is 8.30. The van der Waals surface area contributed by atoms with Gasteiger partial charge in [-0.1, -0.05) is 61.3 Å². The molecule has 1 saturated heterocycles. The second-order valence-corrected chi connectivity index (χ2v) is 8.17. The average molecular weight is 405 g/mol. The molecule has 0 radical (unpaired) electrons. The molecule has 1 aliphatic rings. The smallest absolute Gasteiger partial charge is 0.266 e. The maximum atomic E-state index is 12.9. The summed E-state index contributed by atoms with van der Waals surface area (Å²) in [6.45, 7) is 4.77. The number of halogens is 2. The van der Waals surface area contributed by atoms with Crippen LogP contribution in [0.3, 0.4) is 0 Å². The molecule has 0 N–H and O–H groups in total. The summed E-state index contributed by atoms with van der Waals surface area (Å²) in [5.41, 5.74) is 1.58. The maximum absolute atomic E-state index is 12.9. The van der Waals surface area contributed by atoms with E-state index in [4.69, 9.17) is 23.2 Å². The van der Waals surface area contributed by atoms with Gasteiger partial charge in [-0.25, -0.2) is 4.99 Å². The van der Waals surface area contributed by atoms with Gasteiger partial charge in [0, 0.05) is 16.6 Å². The Hall–Kier alpha value is -1.75. The van der Waals surface area contributed by atoms with Crippen LogP contribution in [0.2, 0.25) is 10.0 Å². The molecule has 0 unspecified atom stereocenters. The van der Waals surface area contributed by atoms with E-state index in [1.807, 2.05) is 36.4 Å². The third-order valence-electron chi connectivity index (χ3n) is 3.67. The minimum Gasteiger partial charge on any atom is -0.286 e. The van der Waals surface area contributed by atoms with E-state index in [0.29, 0.717) is 32.6 Å². The molecule has 0 aliphatic carbocycles. The number of carbonyl (C=O) groups excluding carboxylic acids is 1. The Morgan fingerprint density at radius 3 is 2.54 bits per heavy atom. The predicted molar refractivity (Wildman–Crippen MR) is 112 cm³/mol. The lowest BCUT2D eigenvalue weighted by Crippen LogP contribution is -2.32. The Kier molecular flexibility index (Phi) is 6.07. The topological polar surface area (TPSA) is 32.7 Å². The molecule has 0 saturated carbocycles. The van der Waals surface area contributed by atoms with Crippen molar-refractivity contribution in [3.8, 4) is 0 Å². The molecule has 0 aromatic heterocycles. The van der Waals surface area contributed by atoms with E-state index in [0.717, 1.165) is 11.3 Å². The fraction of sp³-hybridized carbons (Fsp3) is 0.200. The molecule has 1 amide bonds. The first-order chi connectivity index (χ1) is 12.4. The quantitative estimate of drug-likeness (QED) is 0.563. The van der Waals surface area contributed by atoms with Gasteiger partial charge in [-0.05, 0) is 53.6 Å². The standard InChI is InChI=1S/C20H18Cl2N2OS/c1-13(2)12-24-19(25)18(10-14-8-9-15(21)11-17(14)22)26-20(24)23-16-6-4-3-5-7-16/h3-11,13H,12H2,1-2H3/b18-10+,23-20?. The molecule has 2 aromatic rings. The van der Waals surface area contributed by atoms with Crippen LogP contribution in [0.1, 0.15) is 19.4 Å². The molecule has 2 aromatic carbocycles. The number of amides is 1. The lowest BCUT2D eigenvalue weighted by Gasteiger charge is -2.17. The van der Waals surface area contributed by atoms with Crippen LogP contribution in [0.25, 0.3) is 6.08 Å². The van der Waals surface area contributed by atoms with Crippen molar-refractivity contribution in [3.63, 3.8) is 0 Å². The molecule has 1 fully saturated rings. The van der Waals surface area contributed by atoms with Crippen LogP contribution in [-0.2, 0) is 4.79 Å². The van der Waals surface area contributed by atoms with Gasteiger partial charge in [-0.15, -0.1) is 0 Å². The first-order valence-corrected chi connectivity index (χ1v) is 9.81. The van der Waals surface area contributed by atoms with Crippen molar-refractivity contribution in [1.29, 1.82) is 0 Å². The van der Waals surface area contributed by atoms with Crippen molar-refractivity contribution >= 4 is 57.8 Å². The van der Waals surface area contributed by atoms with Crippen LogP contribution < -0.4 is 0 Å². The highest BCUT2D eigenvalue weighted by atomic mass is 35.5. The second-order valence-electron chi connectivity index (χ2n) is 6.32. The summed E-state index contributed by atoms with van der Waals surface area (Å²) in [6.07, 6.45) is 1.80. The zero-order valence-corrected chi connectivity index (χ0v) is 16.8. The van der Waals surface area contributed by atoms with Gasteiger partial charge in [-0.2, -0.15) is 0 Å². The predicted octanol–water partition coefficient (Wildman–Crippen LogP) is 6.25. The summed E-state index contributed by atoms with van der Waals surface area (Å²) in [5, 5.41) is 1.77. The zero-order valence-electron chi connectivity index (χ0n) is 14.4. The summed E-state index contributed by atoms with van der Waals surface area (Å²) in [4.78, 5) is 19.9. The number of aliphatic imine (C=N–C) groups is 1. The number of benzene rings is 2. The number of hydrogen-bond acceptors (Lipinski definition) is 3. The Bertz CT molecular complexity index is 879. The number of rotatable bonds is 4. The van der Waals surface area contributed by atoms with Crippen molar-refractivity contribution in [1.82, 2.24) is 4.90 Å². The highest BCUT2D eigenvalue weighted by Gasteiger charge is 2.33. The minimum atomic E-state index is -0.0515. The van der Waals surface area contributed by atoms with Crippen molar-refractivity contribution in [2.24, 2.45) is 10.9 Å². The molecular formula is C20H18Cl2N2OS. The van der Waals surface area contributed by atoms with Gasteiger partial charge in [-0.3, -0.25) is 9.69 Å². The van der Waals surface area contributed by atoms with Gasteiger partial charge in [0.1, 0.15) is 0 Å². The maximum Gasteiger partial charge on any atom is 0.266 e. The van der Waals surface area contributed by atoms with Crippen molar-refractivity contribution in [3.05, 3.63) is 69.0 Å². The van der Waals surface area contributed by atoms with E-state index in [2.05, 4.69) is 18.8 Å². The number of thioether (sulfide) groups is 1. The Morgan fingerprint density at radius 1 is 1.15 bits per heavy atom. The van der Waals surface area contributed by atoms with Crippen LogP contribution in [0.5, 0.6) is 0 Å². The average Bonchev–Trinajstić information content (AvgIpc) is 2.87. The highest BCUT2D eigenvalue weighted by molar-refractivity contribution is 8.18. The van der Waals surface area contributed by atoms with Gasteiger partial charge in [0.2, 0.25) is 0 Å². The molecule has 134 valence electrons. The molecule has 0 spiro atoms.